The van der Waals surface area contributed by atoms with Crippen LogP contribution in [-0.2, 0) is 0 Å². The molecule has 3 heteroatoms. The molecule has 0 atom stereocenters. The number of benzene rings is 1. The minimum atomic E-state index is 0.141. The lowest BCUT2D eigenvalue weighted by molar-refractivity contribution is 0.533. The summed E-state index contributed by atoms with van der Waals surface area (Å²) in [5.41, 5.74) is 7.98. The van der Waals surface area contributed by atoms with Crippen molar-refractivity contribution in [3.8, 4) is 6.07 Å². The van der Waals surface area contributed by atoms with Crippen LogP contribution in [0.25, 0.3) is 0 Å². The van der Waals surface area contributed by atoms with Gasteiger partial charge in [-0.2, -0.15) is 5.26 Å². The molecule has 0 amide bonds. The van der Waals surface area contributed by atoms with Crippen LogP contribution in [0.4, 0.5) is 11.4 Å². The van der Waals surface area contributed by atoms with Gasteiger partial charge in [-0.1, -0.05) is 12.8 Å². The molecule has 0 spiro atoms. The highest BCUT2D eigenvalue weighted by atomic mass is 15.0. The van der Waals surface area contributed by atoms with E-state index < -0.39 is 0 Å². The maximum absolute atomic E-state index is 9.06. The molecule has 0 saturated heterocycles. The molecule has 0 aromatic heterocycles. The van der Waals surface area contributed by atoms with Gasteiger partial charge in [0.2, 0.25) is 0 Å². The molecule has 16 heavy (non-hydrogen) atoms. The van der Waals surface area contributed by atoms with Crippen molar-refractivity contribution < 1.29 is 0 Å². The molecule has 84 valence electrons. The molecular formula is C13H17N3. The monoisotopic (exact) mass is 215 g/mol. The topological polar surface area (TPSA) is 61.8 Å². The highest BCUT2D eigenvalue weighted by Gasteiger charge is 2.28. The summed E-state index contributed by atoms with van der Waals surface area (Å²) >= 11 is 0. The van der Waals surface area contributed by atoms with Gasteiger partial charge in [-0.15, -0.1) is 0 Å². The lowest BCUT2D eigenvalue weighted by Gasteiger charge is -2.27. The molecule has 0 aliphatic heterocycles. The van der Waals surface area contributed by atoms with E-state index in [1.807, 2.05) is 12.1 Å². The Hall–Kier alpha value is -1.69. The SMILES string of the molecule is CC1(Nc2ccc(N)cc2C#N)CCCC1. The molecule has 2 rings (SSSR count). The third-order valence-corrected chi connectivity index (χ3v) is 3.31. The van der Waals surface area contributed by atoms with Gasteiger partial charge in [-0.05, 0) is 38.0 Å². The van der Waals surface area contributed by atoms with E-state index in [2.05, 4.69) is 18.3 Å². The number of hydrogen-bond donors (Lipinski definition) is 2. The molecule has 3 nitrogen and oxygen atoms in total. The van der Waals surface area contributed by atoms with Gasteiger partial charge in [0.15, 0.2) is 0 Å². The van der Waals surface area contributed by atoms with Crippen LogP contribution < -0.4 is 11.1 Å². The maximum Gasteiger partial charge on any atom is 0.101 e. The number of anilines is 2. The van der Waals surface area contributed by atoms with E-state index in [1.54, 1.807) is 6.07 Å². The molecule has 0 unspecified atom stereocenters. The summed E-state index contributed by atoms with van der Waals surface area (Å²) in [7, 11) is 0. The number of hydrogen-bond acceptors (Lipinski definition) is 3. The van der Waals surface area contributed by atoms with Crippen LogP contribution in [0.5, 0.6) is 0 Å². The Bertz CT molecular complexity index is 425. The van der Waals surface area contributed by atoms with Gasteiger partial charge in [0, 0.05) is 11.2 Å². The molecule has 1 saturated carbocycles. The fraction of sp³-hybridized carbons (Fsp3) is 0.462. The molecule has 3 N–H and O–H groups in total. The number of nitrogen functional groups attached to an aromatic ring is 1. The molecule has 1 fully saturated rings. The van der Waals surface area contributed by atoms with Gasteiger partial charge in [-0.3, -0.25) is 0 Å². The summed E-state index contributed by atoms with van der Waals surface area (Å²) in [6.07, 6.45) is 4.87. The largest absolute Gasteiger partial charge is 0.399 e. The predicted molar refractivity (Wildman–Crippen MR) is 66.1 cm³/mol. The van der Waals surface area contributed by atoms with E-state index in [-0.39, 0.29) is 5.54 Å². The zero-order valence-electron chi connectivity index (χ0n) is 9.59. The summed E-state index contributed by atoms with van der Waals surface area (Å²) in [6.45, 7) is 2.22. The van der Waals surface area contributed by atoms with Crippen LogP contribution in [0.15, 0.2) is 18.2 Å². The highest BCUT2D eigenvalue weighted by Crippen LogP contribution is 2.33. The minimum absolute atomic E-state index is 0.141. The van der Waals surface area contributed by atoms with Crippen LogP contribution >= 0.6 is 0 Å². The zero-order chi connectivity index (χ0) is 11.6. The van der Waals surface area contributed by atoms with Crippen LogP contribution in [0.2, 0.25) is 0 Å². The lowest BCUT2D eigenvalue weighted by atomic mass is 9.99. The van der Waals surface area contributed by atoms with Crippen LogP contribution in [-0.4, -0.2) is 5.54 Å². The van der Waals surface area contributed by atoms with Gasteiger partial charge < -0.3 is 11.1 Å². The summed E-state index contributed by atoms with van der Waals surface area (Å²) in [4.78, 5) is 0. The second kappa shape index (κ2) is 4.05. The van der Waals surface area contributed by atoms with Gasteiger partial charge >= 0.3 is 0 Å². The van der Waals surface area contributed by atoms with Crippen LogP contribution in [0.3, 0.4) is 0 Å². The van der Waals surface area contributed by atoms with Crippen molar-refractivity contribution in [2.75, 3.05) is 11.1 Å². The number of nitrogens with one attached hydrogen (secondary N) is 1. The lowest BCUT2D eigenvalue weighted by Crippen LogP contribution is -2.31. The molecule has 0 bridgehead atoms. The fourth-order valence-electron chi connectivity index (χ4n) is 2.37. The fourth-order valence-corrected chi connectivity index (χ4v) is 2.37. The summed E-state index contributed by atoms with van der Waals surface area (Å²) < 4.78 is 0. The van der Waals surface area contributed by atoms with E-state index >= 15 is 0 Å². The Morgan fingerprint density at radius 2 is 2.06 bits per heavy atom. The second-order valence-electron chi connectivity index (χ2n) is 4.81. The zero-order valence-corrected chi connectivity index (χ0v) is 9.59. The summed E-state index contributed by atoms with van der Waals surface area (Å²) in [5, 5.41) is 12.5. The Kier molecular flexibility index (Phi) is 2.74. The van der Waals surface area contributed by atoms with E-state index in [4.69, 9.17) is 11.0 Å². The van der Waals surface area contributed by atoms with Crippen molar-refractivity contribution in [2.24, 2.45) is 0 Å². The first-order valence-corrected chi connectivity index (χ1v) is 5.71. The number of rotatable bonds is 2. The van der Waals surface area contributed by atoms with Gasteiger partial charge in [-0.25, -0.2) is 0 Å². The summed E-state index contributed by atoms with van der Waals surface area (Å²) in [5.74, 6) is 0. The average Bonchev–Trinajstić information content (AvgIpc) is 2.68. The van der Waals surface area contributed by atoms with Gasteiger partial charge in [0.25, 0.3) is 0 Å². The molecular weight excluding hydrogens is 198 g/mol. The van der Waals surface area contributed by atoms with Crippen molar-refractivity contribution in [1.29, 1.82) is 5.26 Å². The first-order chi connectivity index (χ1) is 7.63. The quantitative estimate of drug-likeness (QED) is 0.746. The van der Waals surface area contributed by atoms with Crippen molar-refractivity contribution in [3.63, 3.8) is 0 Å². The smallest absolute Gasteiger partial charge is 0.101 e. The maximum atomic E-state index is 9.06. The molecule has 1 aromatic rings. The van der Waals surface area contributed by atoms with Gasteiger partial charge in [0.05, 0.1) is 11.3 Å². The molecule has 1 aromatic carbocycles. The van der Waals surface area contributed by atoms with Gasteiger partial charge in [0.1, 0.15) is 6.07 Å². The van der Waals surface area contributed by atoms with Crippen molar-refractivity contribution >= 4 is 11.4 Å². The number of nitrogens with two attached hydrogens (primary N) is 1. The molecule has 1 aliphatic carbocycles. The molecule has 0 radical (unpaired) electrons. The Morgan fingerprint density at radius 3 is 2.69 bits per heavy atom. The number of nitrogens with zero attached hydrogens (tertiary/aromatic N) is 1. The van der Waals surface area contributed by atoms with E-state index in [9.17, 15) is 0 Å². The second-order valence-corrected chi connectivity index (χ2v) is 4.81. The Labute approximate surface area is 96.3 Å². The van der Waals surface area contributed by atoms with Crippen molar-refractivity contribution in [2.45, 2.75) is 38.1 Å². The first kappa shape index (κ1) is 10.8. The van der Waals surface area contributed by atoms with Crippen molar-refractivity contribution in [1.82, 2.24) is 0 Å². The van der Waals surface area contributed by atoms with Crippen LogP contribution in [0.1, 0.15) is 38.2 Å². The highest BCUT2D eigenvalue weighted by molar-refractivity contribution is 5.63. The summed E-state index contributed by atoms with van der Waals surface area (Å²) in [6, 6.07) is 7.64. The minimum Gasteiger partial charge on any atom is -0.399 e. The average molecular weight is 215 g/mol. The predicted octanol–water partition coefficient (Wildman–Crippen LogP) is 2.89. The van der Waals surface area contributed by atoms with Crippen molar-refractivity contribution in [3.05, 3.63) is 23.8 Å². The van der Waals surface area contributed by atoms with E-state index in [0.29, 0.717) is 11.3 Å². The normalized spacial score (nSPS) is 18.0. The van der Waals surface area contributed by atoms with E-state index in [1.165, 1.54) is 25.7 Å². The first-order valence-electron chi connectivity index (χ1n) is 5.71. The molecule has 0 heterocycles. The Morgan fingerprint density at radius 1 is 1.38 bits per heavy atom. The third-order valence-electron chi connectivity index (χ3n) is 3.31. The Balaban J connectivity index is 2.24. The number of nitriles is 1. The molecule has 1 aliphatic rings. The standard InChI is InChI=1S/C13H17N3/c1-13(6-2-3-7-13)16-12-5-4-11(15)8-10(12)9-14/h4-5,8,16H,2-3,6-7,15H2,1H3. The van der Waals surface area contributed by atoms with Crippen LogP contribution in [0, 0.1) is 11.3 Å². The third kappa shape index (κ3) is 2.11. The van der Waals surface area contributed by atoms with E-state index in [0.717, 1.165) is 5.69 Å².